The van der Waals surface area contributed by atoms with Gasteiger partial charge < -0.3 is 4.74 Å². The van der Waals surface area contributed by atoms with Crippen LogP contribution in [0.1, 0.15) is 110 Å². The Kier molecular flexibility index (Phi) is 11.8. The summed E-state index contributed by atoms with van der Waals surface area (Å²) in [5.41, 5.74) is 2.23. The minimum absolute atomic E-state index is 0.811. The molecule has 0 N–H and O–H groups in total. The molecule has 0 atom stereocenters. The highest BCUT2D eigenvalue weighted by Gasteiger charge is 2.20. The SMILES string of the molecule is CCCCCCCCCOc1ccc(-c2cnc(CCC3CCC(CCC)CC3)nc2)cc1. The van der Waals surface area contributed by atoms with E-state index in [0.717, 1.165) is 54.0 Å². The lowest BCUT2D eigenvalue weighted by Crippen LogP contribution is -2.15. The van der Waals surface area contributed by atoms with Gasteiger partial charge in [-0.15, -0.1) is 0 Å². The maximum Gasteiger partial charge on any atom is 0.128 e. The smallest absolute Gasteiger partial charge is 0.128 e. The highest BCUT2D eigenvalue weighted by molar-refractivity contribution is 5.62. The summed E-state index contributed by atoms with van der Waals surface area (Å²) in [5, 5.41) is 0. The molecule has 1 aromatic carbocycles. The first-order valence-corrected chi connectivity index (χ1v) is 13.8. The van der Waals surface area contributed by atoms with Gasteiger partial charge in [-0.25, -0.2) is 9.97 Å². The number of nitrogens with zero attached hydrogens (tertiary/aromatic N) is 2. The number of hydrogen-bond donors (Lipinski definition) is 0. The van der Waals surface area contributed by atoms with Crippen LogP contribution in [0.15, 0.2) is 36.7 Å². The predicted octanol–water partition coefficient (Wildman–Crippen LogP) is 8.81. The molecule has 0 unspecified atom stereocenters. The van der Waals surface area contributed by atoms with Crippen molar-refractivity contribution in [2.75, 3.05) is 6.61 Å². The summed E-state index contributed by atoms with van der Waals surface area (Å²) in [5.74, 6) is 3.80. The van der Waals surface area contributed by atoms with Gasteiger partial charge in [0.2, 0.25) is 0 Å². The van der Waals surface area contributed by atoms with Gasteiger partial charge in [0.05, 0.1) is 6.61 Å². The molecule has 0 aliphatic heterocycles. The molecule has 1 fully saturated rings. The molecule has 1 aliphatic rings. The molecule has 3 heteroatoms. The molecule has 0 spiro atoms. The Balaban J connectivity index is 1.34. The van der Waals surface area contributed by atoms with Crippen LogP contribution in [0, 0.1) is 11.8 Å². The van der Waals surface area contributed by atoms with Crippen LogP contribution in [0.25, 0.3) is 11.1 Å². The van der Waals surface area contributed by atoms with Crippen molar-refractivity contribution < 1.29 is 4.74 Å². The van der Waals surface area contributed by atoms with Crippen LogP contribution in [0.3, 0.4) is 0 Å². The van der Waals surface area contributed by atoms with Gasteiger partial charge in [0.25, 0.3) is 0 Å². The van der Waals surface area contributed by atoms with Crippen molar-refractivity contribution in [2.45, 2.75) is 110 Å². The lowest BCUT2D eigenvalue weighted by Gasteiger charge is -2.28. The number of aryl methyl sites for hydroxylation is 1. The average molecular weight is 451 g/mol. The number of rotatable bonds is 15. The molecule has 1 aromatic heterocycles. The van der Waals surface area contributed by atoms with Crippen molar-refractivity contribution in [3.63, 3.8) is 0 Å². The van der Waals surface area contributed by atoms with Gasteiger partial charge in [-0.3, -0.25) is 0 Å². The zero-order chi connectivity index (χ0) is 23.1. The summed E-state index contributed by atoms with van der Waals surface area (Å²) in [6, 6.07) is 8.37. The zero-order valence-corrected chi connectivity index (χ0v) is 21.2. The fraction of sp³-hybridized carbons (Fsp3) is 0.667. The van der Waals surface area contributed by atoms with Crippen LogP contribution in [0.4, 0.5) is 0 Å². The highest BCUT2D eigenvalue weighted by atomic mass is 16.5. The Morgan fingerprint density at radius 1 is 0.697 bits per heavy atom. The van der Waals surface area contributed by atoms with Crippen molar-refractivity contribution in [2.24, 2.45) is 11.8 Å². The van der Waals surface area contributed by atoms with Crippen molar-refractivity contribution in [1.29, 1.82) is 0 Å². The third-order valence-corrected chi connectivity index (χ3v) is 7.35. The van der Waals surface area contributed by atoms with Crippen molar-refractivity contribution in [3.8, 4) is 16.9 Å². The van der Waals surface area contributed by atoms with Crippen LogP contribution >= 0.6 is 0 Å². The topological polar surface area (TPSA) is 35.0 Å². The maximum atomic E-state index is 5.92. The lowest BCUT2D eigenvalue weighted by molar-refractivity contribution is 0.251. The second-order valence-corrected chi connectivity index (χ2v) is 10.1. The second-order valence-electron chi connectivity index (χ2n) is 10.1. The number of ether oxygens (including phenoxy) is 1. The number of aromatic nitrogens is 2. The molecule has 3 rings (SSSR count). The third kappa shape index (κ3) is 9.47. The van der Waals surface area contributed by atoms with E-state index < -0.39 is 0 Å². The number of unbranched alkanes of at least 4 members (excludes halogenated alkanes) is 6. The van der Waals surface area contributed by atoms with Gasteiger partial charge in [-0.1, -0.05) is 103 Å². The Bertz CT molecular complexity index is 748. The third-order valence-electron chi connectivity index (χ3n) is 7.35. The molecule has 182 valence electrons. The molecule has 3 nitrogen and oxygen atoms in total. The molecule has 0 saturated heterocycles. The van der Waals surface area contributed by atoms with E-state index >= 15 is 0 Å². The molecule has 0 radical (unpaired) electrons. The van der Waals surface area contributed by atoms with E-state index in [9.17, 15) is 0 Å². The molecule has 0 amide bonds. The van der Waals surface area contributed by atoms with Crippen molar-refractivity contribution >= 4 is 0 Å². The quantitative estimate of drug-likeness (QED) is 0.254. The molecule has 2 aromatic rings. The molecule has 0 bridgehead atoms. The van der Waals surface area contributed by atoms with Crippen LogP contribution in [-0.2, 0) is 6.42 Å². The molecule has 1 aliphatic carbocycles. The Morgan fingerprint density at radius 2 is 1.30 bits per heavy atom. The highest BCUT2D eigenvalue weighted by Crippen LogP contribution is 2.33. The Morgan fingerprint density at radius 3 is 1.94 bits per heavy atom. The fourth-order valence-electron chi connectivity index (χ4n) is 5.18. The molecular weight excluding hydrogens is 404 g/mol. The minimum atomic E-state index is 0.811. The summed E-state index contributed by atoms with van der Waals surface area (Å²) in [4.78, 5) is 9.32. The van der Waals surface area contributed by atoms with Crippen LogP contribution in [0.2, 0.25) is 0 Å². The zero-order valence-electron chi connectivity index (χ0n) is 21.2. The number of benzene rings is 1. The van der Waals surface area contributed by atoms with E-state index in [4.69, 9.17) is 4.74 Å². The van der Waals surface area contributed by atoms with E-state index in [1.54, 1.807) is 0 Å². The first-order valence-electron chi connectivity index (χ1n) is 13.8. The van der Waals surface area contributed by atoms with Crippen LogP contribution in [0.5, 0.6) is 5.75 Å². The van der Waals surface area contributed by atoms with Gasteiger partial charge in [0.1, 0.15) is 11.6 Å². The van der Waals surface area contributed by atoms with E-state index in [2.05, 4.69) is 48.1 Å². The van der Waals surface area contributed by atoms with Gasteiger partial charge in [-0.05, 0) is 42.4 Å². The standard InChI is InChI=1S/C30H46N2O/c1-3-5-6-7-8-9-10-22-33-29-19-17-27(18-20-29)28-23-31-30(32-24-28)21-16-26-14-12-25(11-4-2)13-15-26/h17-20,23-26H,3-16,21-22H2,1-2H3. The summed E-state index contributed by atoms with van der Waals surface area (Å²) in [6.07, 6.45) is 23.8. The normalized spacial score (nSPS) is 18.4. The lowest BCUT2D eigenvalue weighted by atomic mass is 9.78. The first-order chi connectivity index (χ1) is 16.3. The largest absolute Gasteiger partial charge is 0.494 e. The fourth-order valence-corrected chi connectivity index (χ4v) is 5.18. The predicted molar refractivity (Wildman–Crippen MR) is 140 cm³/mol. The van der Waals surface area contributed by atoms with Gasteiger partial charge >= 0.3 is 0 Å². The van der Waals surface area contributed by atoms with E-state index in [1.807, 2.05) is 12.4 Å². The van der Waals surface area contributed by atoms with Crippen molar-refractivity contribution in [1.82, 2.24) is 9.97 Å². The molecular formula is C30H46N2O. The molecule has 33 heavy (non-hydrogen) atoms. The minimum Gasteiger partial charge on any atom is -0.494 e. The molecule has 1 saturated carbocycles. The maximum absolute atomic E-state index is 5.92. The first kappa shape index (κ1) is 25.7. The van der Waals surface area contributed by atoms with E-state index in [-0.39, 0.29) is 0 Å². The summed E-state index contributed by atoms with van der Waals surface area (Å²) >= 11 is 0. The summed E-state index contributed by atoms with van der Waals surface area (Å²) in [6.45, 7) is 5.39. The van der Waals surface area contributed by atoms with Crippen LogP contribution in [-0.4, -0.2) is 16.6 Å². The summed E-state index contributed by atoms with van der Waals surface area (Å²) in [7, 11) is 0. The Labute approximate surface area is 202 Å². The number of hydrogen-bond acceptors (Lipinski definition) is 3. The van der Waals surface area contributed by atoms with E-state index in [1.165, 1.54) is 83.5 Å². The molecule has 1 heterocycles. The second kappa shape index (κ2) is 15.1. The van der Waals surface area contributed by atoms with Crippen molar-refractivity contribution in [3.05, 3.63) is 42.5 Å². The van der Waals surface area contributed by atoms with Gasteiger partial charge in [0, 0.05) is 24.4 Å². The monoisotopic (exact) mass is 450 g/mol. The average Bonchev–Trinajstić information content (AvgIpc) is 2.86. The Hall–Kier alpha value is -1.90. The van der Waals surface area contributed by atoms with E-state index in [0.29, 0.717) is 0 Å². The summed E-state index contributed by atoms with van der Waals surface area (Å²) < 4.78 is 5.92. The van der Waals surface area contributed by atoms with Gasteiger partial charge in [0.15, 0.2) is 0 Å². The van der Waals surface area contributed by atoms with Crippen LogP contribution < -0.4 is 4.74 Å². The van der Waals surface area contributed by atoms with Gasteiger partial charge in [-0.2, -0.15) is 0 Å².